The van der Waals surface area contributed by atoms with Gasteiger partial charge in [0, 0.05) is 24.3 Å². The monoisotopic (exact) mass is 379 g/mol. The van der Waals surface area contributed by atoms with Gasteiger partial charge in [0.05, 0.1) is 4.90 Å². The minimum Gasteiger partial charge on any atom is -0.325 e. The molecule has 144 valence electrons. The number of carbonyl (C=O) groups excluding carboxylic acids is 1. The maximum Gasteiger partial charge on any atom is 0.321 e. The number of likely N-dealkylation sites (tertiary alicyclic amines) is 1. The van der Waals surface area contributed by atoms with Gasteiger partial charge in [-0.15, -0.1) is 0 Å². The number of nitrogens with one attached hydrogen (secondary N) is 2. The number of benzene rings is 1. The van der Waals surface area contributed by atoms with E-state index in [4.69, 9.17) is 0 Å². The maximum absolute atomic E-state index is 12.5. The van der Waals surface area contributed by atoms with Crippen LogP contribution in [0.3, 0.4) is 0 Å². The zero-order valence-electron chi connectivity index (χ0n) is 15.8. The van der Waals surface area contributed by atoms with Crippen LogP contribution in [-0.2, 0) is 10.0 Å². The van der Waals surface area contributed by atoms with Crippen LogP contribution in [0.25, 0.3) is 0 Å². The Kier molecular flexibility index (Phi) is 5.05. The van der Waals surface area contributed by atoms with Crippen molar-refractivity contribution in [2.75, 3.05) is 18.4 Å². The molecule has 1 saturated carbocycles. The Balaban J connectivity index is 1.61. The van der Waals surface area contributed by atoms with Crippen LogP contribution in [0.15, 0.2) is 29.2 Å². The van der Waals surface area contributed by atoms with Crippen molar-refractivity contribution in [2.45, 2.75) is 63.3 Å². The van der Waals surface area contributed by atoms with Crippen LogP contribution in [0.5, 0.6) is 0 Å². The van der Waals surface area contributed by atoms with E-state index in [2.05, 4.69) is 10.0 Å². The summed E-state index contributed by atoms with van der Waals surface area (Å²) < 4.78 is 27.3. The second-order valence-electron chi connectivity index (χ2n) is 8.65. The molecule has 1 aliphatic carbocycles. The molecule has 1 heterocycles. The van der Waals surface area contributed by atoms with Gasteiger partial charge in [-0.05, 0) is 82.6 Å². The van der Waals surface area contributed by atoms with Crippen molar-refractivity contribution in [1.82, 2.24) is 9.62 Å². The lowest BCUT2D eigenvalue weighted by molar-refractivity contribution is 0.213. The van der Waals surface area contributed by atoms with Crippen LogP contribution in [0.1, 0.15) is 52.9 Å². The highest BCUT2D eigenvalue weighted by Crippen LogP contribution is 2.53. The highest BCUT2D eigenvalue weighted by molar-refractivity contribution is 7.89. The second kappa shape index (κ2) is 6.85. The van der Waals surface area contributed by atoms with E-state index in [9.17, 15) is 13.2 Å². The van der Waals surface area contributed by atoms with Gasteiger partial charge in [-0.3, -0.25) is 0 Å². The molecule has 2 N–H and O–H groups in total. The molecule has 0 aromatic heterocycles. The lowest BCUT2D eigenvalue weighted by Gasteiger charge is -2.22. The van der Waals surface area contributed by atoms with Crippen molar-refractivity contribution < 1.29 is 13.2 Å². The zero-order valence-corrected chi connectivity index (χ0v) is 16.7. The molecule has 2 aliphatic rings. The van der Waals surface area contributed by atoms with E-state index in [-0.39, 0.29) is 10.9 Å². The number of carbonyl (C=O) groups is 1. The number of hydrogen-bond acceptors (Lipinski definition) is 3. The summed E-state index contributed by atoms with van der Waals surface area (Å²) in [6.45, 7) is 6.98. The van der Waals surface area contributed by atoms with E-state index in [1.807, 2.05) is 4.90 Å². The van der Waals surface area contributed by atoms with Crippen LogP contribution >= 0.6 is 0 Å². The molecule has 2 amide bonds. The standard InChI is InChI=1S/C19H29N3O3S/c1-18(2,3)21-26(24,25)16-7-5-15(6-8-16)20-17(23)22-13-4-9-19(10-11-19)12-14-22/h5-8,21H,4,9-14H2,1-3H3,(H,20,23). The molecule has 1 aromatic carbocycles. The van der Waals surface area contributed by atoms with Crippen LogP contribution in [0.4, 0.5) is 10.5 Å². The quantitative estimate of drug-likeness (QED) is 0.843. The number of anilines is 1. The number of rotatable bonds is 3. The van der Waals surface area contributed by atoms with Gasteiger partial charge < -0.3 is 10.2 Å². The molecule has 0 atom stereocenters. The highest BCUT2D eigenvalue weighted by Gasteiger charge is 2.43. The molecule has 1 spiro atoms. The summed E-state index contributed by atoms with van der Waals surface area (Å²) in [6, 6.07) is 6.20. The van der Waals surface area contributed by atoms with E-state index < -0.39 is 15.6 Å². The van der Waals surface area contributed by atoms with Gasteiger partial charge in [0.25, 0.3) is 0 Å². The van der Waals surface area contributed by atoms with Crippen molar-refractivity contribution in [1.29, 1.82) is 0 Å². The molecular formula is C19H29N3O3S. The summed E-state index contributed by atoms with van der Waals surface area (Å²) in [5.41, 5.74) is 0.581. The van der Waals surface area contributed by atoms with E-state index in [0.29, 0.717) is 11.1 Å². The van der Waals surface area contributed by atoms with Gasteiger partial charge in [0.15, 0.2) is 0 Å². The Morgan fingerprint density at radius 1 is 1.04 bits per heavy atom. The Morgan fingerprint density at radius 2 is 1.69 bits per heavy atom. The first-order chi connectivity index (χ1) is 12.1. The van der Waals surface area contributed by atoms with Crippen molar-refractivity contribution in [3.63, 3.8) is 0 Å². The Bertz CT molecular complexity index is 762. The third-order valence-corrected chi connectivity index (χ3v) is 6.92. The molecule has 6 nitrogen and oxygen atoms in total. The van der Waals surface area contributed by atoms with Crippen molar-refractivity contribution in [3.05, 3.63) is 24.3 Å². The third-order valence-electron chi connectivity index (χ3n) is 5.15. The molecule has 1 aromatic rings. The molecule has 7 heteroatoms. The fourth-order valence-corrected chi connectivity index (χ4v) is 4.93. The lowest BCUT2D eigenvalue weighted by atomic mass is 9.98. The summed E-state index contributed by atoms with van der Waals surface area (Å²) in [6.07, 6.45) is 5.99. The zero-order chi connectivity index (χ0) is 19.0. The molecule has 0 radical (unpaired) electrons. The summed E-state index contributed by atoms with van der Waals surface area (Å²) >= 11 is 0. The third kappa shape index (κ3) is 4.76. The summed E-state index contributed by atoms with van der Waals surface area (Å²) in [7, 11) is -3.57. The van der Waals surface area contributed by atoms with Crippen LogP contribution < -0.4 is 10.0 Å². The summed E-state index contributed by atoms with van der Waals surface area (Å²) in [4.78, 5) is 14.6. The smallest absolute Gasteiger partial charge is 0.321 e. The largest absolute Gasteiger partial charge is 0.325 e. The minimum atomic E-state index is -3.57. The molecule has 0 unspecified atom stereocenters. The fourth-order valence-electron chi connectivity index (χ4n) is 3.52. The second-order valence-corrected chi connectivity index (χ2v) is 10.3. The first-order valence-electron chi connectivity index (χ1n) is 9.29. The first-order valence-corrected chi connectivity index (χ1v) is 10.8. The molecule has 26 heavy (non-hydrogen) atoms. The van der Waals surface area contributed by atoms with Crippen molar-refractivity contribution in [2.24, 2.45) is 5.41 Å². The molecule has 0 bridgehead atoms. The van der Waals surface area contributed by atoms with E-state index in [1.165, 1.54) is 31.4 Å². The van der Waals surface area contributed by atoms with E-state index in [0.717, 1.165) is 25.9 Å². The number of amides is 2. The number of urea groups is 1. The van der Waals surface area contributed by atoms with Gasteiger partial charge in [-0.25, -0.2) is 17.9 Å². The molecule has 3 rings (SSSR count). The van der Waals surface area contributed by atoms with Gasteiger partial charge in [-0.2, -0.15) is 0 Å². The fraction of sp³-hybridized carbons (Fsp3) is 0.632. The molecule has 2 fully saturated rings. The normalized spacial score (nSPS) is 19.9. The van der Waals surface area contributed by atoms with Gasteiger partial charge >= 0.3 is 6.03 Å². The predicted octanol–water partition coefficient (Wildman–Crippen LogP) is 3.56. The van der Waals surface area contributed by atoms with Crippen molar-refractivity contribution in [3.8, 4) is 0 Å². The SMILES string of the molecule is CC(C)(C)NS(=O)(=O)c1ccc(NC(=O)N2CCCC3(CC2)CC3)cc1. The van der Waals surface area contributed by atoms with Crippen molar-refractivity contribution >= 4 is 21.7 Å². The molecule has 1 aliphatic heterocycles. The number of sulfonamides is 1. The first kappa shape index (κ1) is 19.2. The summed E-state index contributed by atoms with van der Waals surface area (Å²) in [5.74, 6) is 0. The van der Waals surface area contributed by atoms with Crippen LogP contribution in [0, 0.1) is 5.41 Å². The number of hydrogen-bond donors (Lipinski definition) is 2. The Morgan fingerprint density at radius 3 is 2.27 bits per heavy atom. The average molecular weight is 380 g/mol. The average Bonchev–Trinajstić information content (AvgIpc) is 3.32. The topological polar surface area (TPSA) is 78.5 Å². The molecule has 1 saturated heterocycles. The Hall–Kier alpha value is -1.60. The van der Waals surface area contributed by atoms with Gasteiger partial charge in [0.2, 0.25) is 10.0 Å². The van der Waals surface area contributed by atoms with Crippen LogP contribution in [0.2, 0.25) is 0 Å². The van der Waals surface area contributed by atoms with Gasteiger partial charge in [0.1, 0.15) is 0 Å². The van der Waals surface area contributed by atoms with E-state index in [1.54, 1.807) is 32.9 Å². The van der Waals surface area contributed by atoms with Crippen LogP contribution in [-0.4, -0.2) is 38.0 Å². The predicted molar refractivity (Wildman–Crippen MR) is 103 cm³/mol. The highest BCUT2D eigenvalue weighted by atomic mass is 32.2. The summed E-state index contributed by atoms with van der Waals surface area (Å²) in [5, 5.41) is 2.89. The van der Waals surface area contributed by atoms with Gasteiger partial charge in [-0.1, -0.05) is 0 Å². The molecular weight excluding hydrogens is 350 g/mol. The minimum absolute atomic E-state index is 0.105. The Labute approximate surface area is 156 Å². The maximum atomic E-state index is 12.5. The lowest BCUT2D eigenvalue weighted by Crippen LogP contribution is -2.40. The van der Waals surface area contributed by atoms with E-state index >= 15 is 0 Å². The number of nitrogens with zero attached hydrogens (tertiary/aromatic N) is 1.